The highest BCUT2D eigenvalue weighted by atomic mass is 79.9. The number of aromatic nitrogens is 1. The molecule has 1 unspecified atom stereocenters. The van der Waals surface area contributed by atoms with Gasteiger partial charge in [-0.3, -0.25) is 15.1 Å². The van der Waals surface area contributed by atoms with E-state index in [-0.39, 0.29) is 16.7 Å². The van der Waals surface area contributed by atoms with Crippen molar-refractivity contribution in [1.82, 2.24) is 4.98 Å². The molecular formula is C12H17BrN4O2. The average molecular weight is 329 g/mol. The van der Waals surface area contributed by atoms with Gasteiger partial charge in [-0.15, -0.1) is 0 Å². The molecule has 0 spiro atoms. The minimum absolute atomic E-state index is 0.0540. The van der Waals surface area contributed by atoms with Crippen molar-refractivity contribution < 1.29 is 4.92 Å². The van der Waals surface area contributed by atoms with E-state index in [0.29, 0.717) is 16.7 Å². The number of nitrogens with two attached hydrogens (primary N) is 1. The number of piperidine rings is 1. The van der Waals surface area contributed by atoms with E-state index >= 15 is 0 Å². The molecule has 1 aromatic rings. The summed E-state index contributed by atoms with van der Waals surface area (Å²) in [6.07, 6.45) is 7.00. The lowest BCUT2D eigenvalue weighted by atomic mass is 9.98. The van der Waals surface area contributed by atoms with E-state index in [9.17, 15) is 10.1 Å². The Morgan fingerprint density at radius 2 is 2.32 bits per heavy atom. The maximum Gasteiger partial charge on any atom is 0.311 e. The van der Waals surface area contributed by atoms with Crippen molar-refractivity contribution in [2.45, 2.75) is 31.7 Å². The van der Waals surface area contributed by atoms with Crippen LogP contribution < -0.4 is 10.6 Å². The van der Waals surface area contributed by atoms with E-state index in [1.165, 1.54) is 6.20 Å². The Morgan fingerprint density at radius 3 is 3.00 bits per heavy atom. The zero-order chi connectivity index (χ0) is 13.8. The lowest BCUT2D eigenvalue weighted by molar-refractivity contribution is -0.384. The summed E-state index contributed by atoms with van der Waals surface area (Å²) < 4.78 is 0.672. The van der Waals surface area contributed by atoms with Crippen molar-refractivity contribution in [3.05, 3.63) is 27.0 Å². The van der Waals surface area contributed by atoms with Gasteiger partial charge in [0.1, 0.15) is 11.9 Å². The van der Waals surface area contributed by atoms with E-state index in [1.807, 2.05) is 0 Å². The zero-order valence-corrected chi connectivity index (χ0v) is 12.2. The number of anilines is 1. The second-order valence-corrected chi connectivity index (χ2v) is 5.52. The van der Waals surface area contributed by atoms with Crippen LogP contribution >= 0.6 is 15.9 Å². The van der Waals surface area contributed by atoms with Crippen LogP contribution in [0.5, 0.6) is 0 Å². The third kappa shape index (κ3) is 3.03. The van der Waals surface area contributed by atoms with Crippen LogP contribution in [-0.4, -0.2) is 29.0 Å². The molecule has 2 rings (SSSR count). The molecule has 1 aliphatic rings. The summed E-state index contributed by atoms with van der Waals surface area (Å²) in [5.74, 6) is 0. The summed E-state index contributed by atoms with van der Waals surface area (Å²) >= 11 is 3.39. The van der Waals surface area contributed by atoms with Crippen molar-refractivity contribution >= 4 is 27.3 Å². The van der Waals surface area contributed by atoms with Gasteiger partial charge in [-0.25, -0.2) is 0 Å². The summed E-state index contributed by atoms with van der Waals surface area (Å²) in [4.78, 5) is 16.8. The Labute approximate surface area is 120 Å². The fourth-order valence-electron chi connectivity index (χ4n) is 2.62. The first-order valence-electron chi connectivity index (χ1n) is 6.39. The first-order valence-corrected chi connectivity index (χ1v) is 7.19. The SMILES string of the molecule is NCCC1CCCCN1c1c(Br)cncc1[N+](=O)[O-]. The zero-order valence-electron chi connectivity index (χ0n) is 10.6. The number of hydrogen-bond donors (Lipinski definition) is 1. The molecular weight excluding hydrogens is 312 g/mol. The molecule has 0 aliphatic carbocycles. The van der Waals surface area contributed by atoms with Crippen LogP contribution in [0.2, 0.25) is 0 Å². The number of halogens is 1. The van der Waals surface area contributed by atoms with Crippen molar-refractivity contribution in [3.63, 3.8) is 0 Å². The standard InChI is InChI=1S/C12H17BrN4O2/c13-10-7-15-8-11(17(18)19)12(10)16-6-2-1-3-9(16)4-5-14/h7-9H,1-6,14H2. The third-order valence-electron chi connectivity index (χ3n) is 3.46. The third-order valence-corrected chi connectivity index (χ3v) is 4.04. The highest BCUT2D eigenvalue weighted by Gasteiger charge is 2.29. The molecule has 7 heteroatoms. The minimum atomic E-state index is -0.374. The van der Waals surface area contributed by atoms with Gasteiger partial charge >= 0.3 is 5.69 Å². The van der Waals surface area contributed by atoms with Gasteiger partial charge in [0.2, 0.25) is 0 Å². The maximum atomic E-state index is 11.2. The Balaban J connectivity index is 2.40. The molecule has 2 heterocycles. The van der Waals surface area contributed by atoms with Gasteiger partial charge in [-0.05, 0) is 48.2 Å². The van der Waals surface area contributed by atoms with Crippen LogP contribution in [0.3, 0.4) is 0 Å². The van der Waals surface area contributed by atoms with Gasteiger partial charge in [-0.1, -0.05) is 0 Å². The highest BCUT2D eigenvalue weighted by molar-refractivity contribution is 9.10. The van der Waals surface area contributed by atoms with Crippen LogP contribution in [0.25, 0.3) is 0 Å². The van der Waals surface area contributed by atoms with Crippen molar-refractivity contribution in [3.8, 4) is 0 Å². The van der Waals surface area contributed by atoms with Crippen molar-refractivity contribution in [2.24, 2.45) is 5.73 Å². The van der Waals surface area contributed by atoms with Crippen molar-refractivity contribution in [1.29, 1.82) is 0 Å². The monoisotopic (exact) mass is 328 g/mol. The molecule has 1 aliphatic heterocycles. The lowest BCUT2D eigenvalue weighted by Crippen LogP contribution is -2.41. The fourth-order valence-corrected chi connectivity index (χ4v) is 3.17. The molecule has 0 aromatic carbocycles. The van der Waals surface area contributed by atoms with Gasteiger partial charge in [0.25, 0.3) is 0 Å². The summed E-state index contributed by atoms with van der Waals surface area (Å²) in [5, 5.41) is 11.2. The summed E-state index contributed by atoms with van der Waals surface area (Å²) in [6.45, 7) is 1.42. The molecule has 1 atom stereocenters. The predicted octanol–water partition coefficient (Wildman–Crippen LogP) is 2.46. The number of nitro groups is 1. The Bertz CT molecular complexity index is 467. The van der Waals surface area contributed by atoms with Crippen LogP contribution in [0.4, 0.5) is 11.4 Å². The topological polar surface area (TPSA) is 85.3 Å². The van der Waals surface area contributed by atoms with E-state index in [1.54, 1.807) is 6.20 Å². The van der Waals surface area contributed by atoms with Crippen LogP contribution in [0.15, 0.2) is 16.9 Å². The Kier molecular flexibility index (Phi) is 4.71. The largest absolute Gasteiger partial charge is 0.362 e. The number of hydrogen-bond acceptors (Lipinski definition) is 5. The molecule has 6 nitrogen and oxygen atoms in total. The molecule has 1 aromatic heterocycles. The molecule has 104 valence electrons. The Hall–Kier alpha value is -1.21. The second-order valence-electron chi connectivity index (χ2n) is 4.67. The van der Waals surface area contributed by atoms with Crippen LogP contribution in [0, 0.1) is 10.1 Å². The van der Waals surface area contributed by atoms with E-state index in [0.717, 1.165) is 32.2 Å². The van der Waals surface area contributed by atoms with Gasteiger partial charge < -0.3 is 10.6 Å². The van der Waals surface area contributed by atoms with E-state index in [4.69, 9.17) is 5.73 Å². The minimum Gasteiger partial charge on any atom is -0.362 e. The van der Waals surface area contributed by atoms with Crippen LogP contribution in [-0.2, 0) is 0 Å². The van der Waals surface area contributed by atoms with Gasteiger partial charge in [-0.2, -0.15) is 0 Å². The fraction of sp³-hybridized carbons (Fsp3) is 0.583. The quantitative estimate of drug-likeness (QED) is 0.677. The van der Waals surface area contributed by atoms with E-state index < -0.39 is 0 Å². The summed E-state index contributed by atoms with van der Waals surface area (Å²) in [6, 6.07) is 0.274. The summed E-state index contributed by atoms with van der Waals surface area (Å²) in [7, 11) is 0. The molecule has 0 radical (unpaired) electrons. The smallest absolute Gasteiger partial charge is 0.311 e. The summed E-state index contributed by atoms with van der Waals surface area (Å²) in [5.41, 5.74) is 6.34. The van der Waals surface area contributed by atoms with Crippen LogP contribution in [0.1, 0.15) is 25.7 Å². The van der Waals surface area contributed by atoms with Crippen molar-refractivity contribution in [2.75, 3.05) is 18.0 Å². The highest BCUT2D eigenvalue weighted by Crippen LogP contribution is 2.38. The molecule has 1 fully saturated rings. The molecule has 2 N–H and O–H groups in total. The van der Waals surface area contributed by atoms with Gasteiger partial charge in [0.15, 0.2) is 0 Å². The molecule has 0 bridgehead atoms. The Morgan fingerprint density at radius 1 is 1.53 bits per heavy atom. The maximum absolute atomic E-state index is 11.2. The van der Waals surface area contributed by atoms with Gasteiger partial charge in [0.05, 0.1) is 9.40 Å². The lowest BCUT2D eigenvalue weighted by Gasteiger charge is -2.37. The molecule has 0 saturated carbocycles. The first-order chi connectivity index (χ1) is 9.15. The molecule has 1 saturated heterocycles. The average Bonchev–Trinajstić information content (AvgIpc) is 2.40. The predicted molar refractivity (Wildman–Crippen MR) is 77.2 cm³/mol. The molecule has 0 amide bonds. The van der Waals surface area contributed by atoms with E-state index in [2.05, 4.69) is 25.8 Å². The normalized spacial score (nSPS) is 19.5. The first kappa shape index (κ1) is 14.2. The number of pyridine rings is 1. The number of nitrogens with zero attached hydrogens (tertiary/aromatic N) is 3. The second kappa shape index (κ2) is 6.29. The van der Waals surface area contributed by atoms with Gasteiger partial charge in [0, 0.05) is 18.8 Å². The molecule has 19 heavy (non-hydrogen) atoms. The number of rotatable bonds is 4.